The summed E-state index contributed by atoms with van der Waals surface area (Å²) in [5.41, 5.74) is 5.31. The highest BCUT2D eigenvalue weighted by Crippen LogP contribution is 2.27. The molecule has 1 aromatic heterocycles. The van der Waals surface area contributed by atoms with Gasteiger partial charge in [0.1, 0.15) is 0 Å². The first-order chi connectivity index (χ1) is 19.2. The molecule has 5 nitrogen and oxygen atoms in total. The number of anilines is 1. The fraction of sp³-hybridized carbons (Fsp3) is 0.515. The number of aromatic nitrogens is 1. The highest BCUT2D eigenvalue weighted by Gasteiger charge is 2.10. The number of unbranched alkanes of at least 4 members (excludes halogenated alkanes) is 11. The molecule has 0 bridgehead atoms. The van der Waals surface area contributed by atoms with Gasteiger partial charge in [-0.15, -0.1) is 0 Å². The lowest BCUT2D eigenvalue weighted by Gasteiger charge is -2.13. The van der Waals surface area contributed by atoms with E-state index in [1.165, 1.54) is 81.9 Å². The highest BCUT2D eigenvalue weighted by atomic mass is 32.1. The number of rotatable bonds is 20. The second-order valence-electron chi connectivity index (χ2n) is 10.3. The van der Waals surface area contributed by atoms with Gasteiger partial charge in [0.15, 0.2) is 30.3 Å². The number of nitrogens with one attached hydrogen (secondary N) is 1. The summed E-state index contributed by atoms with van der Waals surface area (Å²) < 4.78 is 14.0. The van der Waals surface area contributed by atoms with Crippen LogP contribution in [-0.4, -0.2) is 19.1 Å². The fourth-order valence-electron chi connectivity index (χ4n) is 4.56. The summed E-state index contributed by atoms with van der Waals surface area (Å²) in [5, 5.41) is 5.05. The summed E-state index contributed by atoms with van der Waals surface area (Å²) in [6.45, 7) is 5.80. The maximum absolute atomic E-state index is 12.5. The van der Waals surface area contributed by atoms with Crippen molar-refractivity contribution < 1.29 is 18.8 Å². The van der Waals surface area contributed by atoms with Gasteiger partial charge in [0.2, 0.25) is 5.51 Å². The smallest absolute Gasteiger partial charge is 0.262 e. The molecule has 0 saturated carbocycles. The van der Waals surface area contributed by atoms with Gasteiger partial charge in [-0.05, 0) is 30.7 Å². The van der Waals surface area contributed by atoms with Crippen LogP contribution >= 0.6 is 11.3 Å². The molecule has 3 rings (SSSR count). The third-order valence-corrected chi connectivity index (χ3v) is 7.79. The maximum Gasteiger partial charge on any atom is 0.262 e. The van der Waals surface area contributed by atoms with E-state index in [4.69, 9.17) is 9.47 Å². The largest absolute Gasteiger partial charge is 0.490 e. The Morgan fingerprint density at radius 2 is 1.38 bits per heavy atom. The highest BCUT2D eigenvalue weighted by molar-refractivity contribution is 7.07. The van der Waals surface area contributed by atoms with Crippen molar-refractivity contribution >= 4 is 22.9 Å². The summed E-state index contributed by atoms with van der Waals surface area (Å²) in [4.78, 5) is 12.5. The van der Waals surface area contributed by atoms with E-state index in [0.717, 1.165) is 18.7 Å². The van der Waals surface area contributed by atoms with Crippen molar-refractivity contribution in [1.29, 1.82) is 0 Å². The first-order valence-corrected chi connectivity index (χ1v) is 15.8. The zero-order valence-electron chi connectivity index (χ0n) is 24.0. The third kappa shape index (κ3) is 12.2. The monoisotopic (exact) mass is 551 g/mol. The minimum Gasteiger partial charge on any atom is -0.490 e. The van der Waals surface area contributed by atoms with Crippen molar-refractivity contribution in [2.24, 2.45) is 0 Å². The number of para-hydroxylation sites is 2. The zero-order valence-corrected chi connectivity index (χ0v) is 24.8. The van der Waals surface area contributed by atoms with E-state index in [-0.39, 0.29) is 12.5 Å². The van der Waals surface area contributed by atoms with E-state index in [9.17, 15) is 4.79 Å². The molecule has 0 spiro atoms. The van der Waals surface area contributed by atoms with Crippen LogP contribution in [0.25, 0.3) is 0 Å². The number of nitrogens with zero attached hydrogens (tertiary/aromatic N) is 1. The van der Waals surface area contributed by atoms with Crippen molar-refractivity contribution in [3.8, 4) is 11.5 Å². The van der Waals surface area contributed by atoms with Crippen LogP contribution < -0.4 is 19.4 Å². The van der Waals surface area contributed by atoms with Crippen molar-refractivity contribution in [2.45, 2.75) is 97.4 Å². The quantitative estimate of drug-likeness (QED) is 0.113. The van der Waals surface area contributed by atoms with E-state index >= 15 is 0 Å². The molecule has 0 saturated heterocycles. The van der Waals surface area contributed by atoms with Gasteiger partial charge in [-0.25, -0.2) is 0 Å². The van der Waals surface area contributed by atoms with Gasteiger partial charge in [-0.1, -0.05) is 113 Å². The summed E-state index contributed by atoms with van der Waals surface area (Å²) in [5.74, 6) is 1.10. The van der Waals surface area contributed by atoms with Crippen LogP contribution in [0.4, 0.5) is 5.69 Å². The Hall–Kier alpha value is -2.86. The average molecular weight is 552 g/mol. The number of hydrogen-bond acceptors (Lipinski definition) is 4. The Morgan fingerprint density at radius 1 is 0.795 bits per heavy atom. The van der Waals surface area contributed by atoms with Crippen LogP contribution in [0.1, 0.15) is 95.2 Å². The molecule has 3 aromatic rings. The Labute approximate surface area is 239 Å². The molecule has 2 aromatic carbocycles. The lowest BCUT2D eigenvalue weighted by atomic mass is 10.1. The molecule has 1 heterocycles. The predicted molar refractivity (Wildman–Crippen MR) is 162 cm³/mol. The number of thiazole rings is 1. The van der Waals surface area contributed by atoms with E-state index in [1.54, 1.807) is 11.3 Å². The number of carbonyl (C=O) groups is 1. The van der Waals surface area contributed by atoms with Crippen molar-refractivity contribution in [2.75, 3.05) is 18.5 Å². The summed E-state index contributed by atoms with van der Waals surface area (Å²) in [7, 11) is 0. The SMILES string of the molecule is CCCCCCCCCCCCCCOc1ccccc1OCC(=O)Nc1ccc(C[n+]2cscc2C)cc1. The van der Waals surface area contributed by atoms with Crippen LogP contribution in [0.2, 0.25) is 0 Å². The Balaban J connectivity index is 1.28. The van der Waals surface area contributed by atoms with Crippen LogP contribution in [-0.2, 0) is 11.3 Å². The predicted octanol–water partition coefficient (Wildman–Crippen LogP) is 8.49. The molecule has 0 aliphatic carbocycles. The topological polar surface area (TPSA) is 51.4 Å². The van der Waals surface area contributed by atoms with Crippen LogP contribution in [0, 0.1) is 6.92 Å². The Bertz CT molecular complexity index is 1080. The van der Waals surface area contributed by atoms with Gasteiger partial charge in [0.05, 0.1) is 12.0 Å². The molecule has 0 aliphatic heterocycles. The normalized spacial score (nSPS) is 10.9. The van der Waals surface area contributed by atoms with Gasteiger partial charge in [-0.3, -0.25) is 4.79 Å². The van der Waals surface area contributed by atoms with Crippen LogP contribution in [0.15, 0.2) is 59.4 Å². The number of ether oxygens (including phenoxy) is 2. The van der Waals surface area contributed by atoms with Gasteiger partial charge < -0.3 is 14.8 Å². The summed E-state index contributed by atoms with van der Waals surface area (Å²) in [6, 6.07) is 15.5. The van der Waals surface area contributed by atoms with Gasteiger partial charge in [0.25, 0.3) is 5.91 Å². The standard InChI is InChI=1S/C33H46N2O3S/c1-3-4-5-6-7-8-9-10-11-12-13-16-23-37-31-17-14-15-18-32(31)38-25-33(36)34-30-21-19-29(20-22-30)24-35-27-39-26-28(35)2/h14-15,17-22,26-27H,3-13,16,23-25H2,1-2H3/p+1. The lowest BCUT2D eigenvalue weighted by Crippen LogP contribution is -2.34. The summed E-state index contributed by atoms with van der Waals surface area (Å²) in [6.07, 6.45) is 15.9. The van der Waals surface area contributed by atoms with Crippen molar-refractivity contribution in [1.82, 2.24) is 0 Å². The van der Waals surface area contributed by atoms with Crippen molar-refractivity contribution in [3.05, 3.63) is 70.7 Å². The average Bonchev–Trinajstić information content (AvgIpc) is 3.35. The fourth-order valence-corrected chi connectivity index (χ4v) is 5.34. The van der Waals surface area contributed by atoms with Gasteiger partial charge in [-0.2, -0.15) is 4.57 Å². The second-order valence-corrected chi connectivity index (χ2v) is 11.1. The van der Waals surface area contributed by atoms with E-state index < -0.39 is 0 Å². The summed E-state index contributed by atoms with van der Waals surface area (Å²) >= 11 is 1.70. The molecule has 212 valence electrons. The minimum atomic E-state index is -0.193. The number of amides is 1. The molecule has 0 unspecified atom stereocenters. The Kier molecular flexibility index (Phi) is 14.5. The molecule has 0 aliphatic rings. The first-order valence-electron chi connectivity index (χ1n) is 14.8. The molecular formula is C33H47N2O3S+. The Morgan fingerprint density at radius 3 is 1.97 bits per heavy atom. The molecule has 0 fully saturated rings. The number of aryl methyl sites for hydroxylation is 1. The van der Waals surface area contributed by atoms with Gasteiger partial charge in [0, 0.05) is 18.2 Å². The molecule has 0 radical (unpaired) electrons. The van der Waals surface area contributed by atoms with Crippen molar-refractivity contribution in [3.63, 3.8) is 0 Å². The first kappa shape index (κ1) is 30.7. The van der Waals surface area contributed by atoms with E-state index in [0.29, 0.717) is 18.1 Å². The molecule has 39 heavy (non-hydrogen) atoms. The third-order valence-electron chi connectivity index (χ3n) is 6.93. The number of carbonyl (C=O) groups excluding carboxylic acids is 1. The molecule has 1 N–H and O–H groups in total. The molecule has 6 heteroatoms. The van der Waals surface area contributed by atoms with E-state index in [1.807, 2.05) is 48.5 Å². The van der Waals surface area contributed by atoms with E-state index in [2.05, 4.69) is 34.6 Å². The maximum atomic E-state index is 12.5. The van der Waals surface area contributed by atoms with Crippen LogP contribution in [0.5, 0.6) is 11.5 Å². The molecule has 0 atom stereocenters. The zero-order chi connectivity index (χ0) is 27.5. The van der Waals surface area contributed by atoms with Gasteiger partial charge >= 0.3 is 0 Å². The number of hydrogen-bond donors (Lipinski definition) is 1. The molecular weight excluding hydrogens is 504 g/mol. The lowest BCUT2D eigenvalue weighted by molar-refractivity contribution is -0.689. The molecule has 1 amide bonds. The minimum absolute atomic E-state index is 0.0648. The van der Waals surface area contributed by atoms with Crippen LogP contribution in [0.3, 0.4) is 0 Å². The number of benzene rings is 2. The second kappa shape index (κ2) is 18.4.